The van der Waals surface area contributed by atoms with E-state index in [1.165, 1.54) is 25.7 Å². The van der Waals surface area contributed by atoms with E-state index < -0.39 is 0 Å². The Morgan fingerprint density at radius 3 is 2.65 bits per heavy atom. The summed E-state index contributed by atoms with van der Waals surface area (Å²) in [5, 5.41) is 4.12. The van der Waals surface area contributed by atoms with Gasteiger partial charge >= 0.3 is 0 Å². The van der Waals surface area contributed by atoms with E-state index in [2.05, 4.69) is 19.2 Å². The van der Waals surface area contributed by atoms with Crippen LogP contribution in [0, 0.1) is 11.8 Å². The first-order valence-corrected chi connectivity index (χ1v) is 7.06. The smallest absolute Gasteiger partial charge is 0.197 e. The predicted molar refractivity (Wildman–Crippen MR) is 71.3 cm³/mol. The Morgan fingerprint density at radius 2 is 2.12 bits per heavy atom. The van der Waals surface area contributed by atoms with Crippen molar-refractivity contribution in [2.75, 3.05) is 6.54 Å². The topological polar surface area (TPSA) is 25.2 Å². The molecular formula is C14H22ClNO. The molecule has 1 aliphatic rings. The molecule has 2 nitrogen and oxygen atoms in total. The van der Waals surface area contributed by atoms with Crippen LogP contribution in [0.3, 0.4) is 0 Å². The molecule has 1 unspecified atom stereocenters. The fraction of sp³-hybridized carbons (Fsp3) is 0.714. The summed E-state index contributed by atoms with van der Waals surface area (Å²) in [4.78, 5) is 0. The monoisotopic (exact) mass is 255 g/mol. The quantitative estimate of drug-likeness (QED) is 0.862. The predicted octanol–water partition coefficient (Wildman–Crippen LogP) is 4.41. The van der Waals surface area contributed by atoms with Gasteiger partial charge in [-0.25, -0.2) is 0 Å². The molecule has 1 saturated carbocycles. The van der Waals surface area contributed by atoms with E-state index in [1.807, 2.05) is 6.07 Å². The van der Waals surface area contributed by atoms with Crippen molar-refractivity contribution in [3.05, 3.63) is 23.1 Å². The maximum Gasteiger partial charge on any atom is 0.197 e. The fourth-order valence-corrected chi connectivity index (χ4v) is 3.13. The van der Waals surface area contributed by atoms with Crippen molar-refractivity contribution < 1.29 is 4.42 Å². The third-order valence-electron chi connectivity index (χ3n) is 3.94. The van der Waals surface area contributed by atoms with Crippen LogP contribution in [0.2, 0.25) is 5.22 Å². The largest absolute Gasteiger partial charge is 0.453 e. The van der Waals surface area contributed by atoms with Gasteiger partial charge in [0.05, 0.1) is 6.26 Å². The molecule has 1 N–H and O–H groups in total. The van der Waals surface area contributed by atoms with Crippen molar-refractivity contribution in [3.63, 3.8) is 0 Å². The third kappa shape index (κ3) is 3.05. The Hall–Kier alpha value is -0.470. The number of hydrogen-bond acceptors (Lipinski definition) is 2. The van der Waals surface area contributed by atoms with Gasteiger partial charge in [0.1, 0.15) is 0 Å². The third-order valence-corrected chi connectivity index (χ3v) is 4.24. The second-order valence-corrected chi connectivity index (χ2v) is 5.55. The normalized spacial score (nSPS) is 27.0. The first-order valence-electron chi connectivity index (χ1n) is 6.68. The van der Waals surface area contributed by atoms with Crippen molar-refractivity contribution in [2.24, 2.45) is 11.8 Å². The van der Waals surface area contributed by atoms with Gasteiger partial charge in [-0.2, -0.15) is 0 Å². The molecule has 1 fully saturated rings. The van der Waals surface area contributed by atoms with Gasteiger partial charge in [-0.15, -0.1) is 0 Å². The second-order valence-electron chi connectivity index (χ2n) is 5.20. The maximum atomic E-state index is 6.11. The van der Waals surface area contributed by atoms with Gasteiger partial charge in [0.15, 0.2) is 5.22 Å². The van der Waals surface area contributed by atoms with E-state index in [4.69, 9.17) is 16.0 Å². The summed E-state index contributed by atoms with van der Waals surface area (Å²) in [6.45, 7) is 5.47. The van der Waals surface area contributed by atoms with E-state index in [1.54, 1.807) is 6.26 Å². The molecule has 1 aromatic heterocycles. The Bertz CT molecular complexity index is 342. The molecular weight excluding hydrogens is 234 g/mol. The Kier molecular flexibility index (Phi) is 4.52. The number of halogens is 1. The van der Waals surface area contributed by atoms with Crippen molar-refractivity contribution in [3.8, 4) is 0 Å². The molecule has 1 aliphatic carbocycles. The first-order chi connectivity index (χ1) is 8.22. The molecule has 0 radical (unpaired) electrons. The molecule has 3 heteroatoms. The van der Waals surface area contributed by atoms with Gasteiger partial charge in [0.2, 0.25) is 0 Å². The summed E-state index contributed by atoms with van der Waals surface area (Å²) in [7, 11) is 0. The molecule has 0 amide bonds. The zero-order chi connectivity index (χ0) is 12.3. The summed E-state index contributed by atoms with van der Waals surface area (Å²) in [5.41, 5.74) is 1.13. The molecule has 0 spiro atoms. The second kappa shape index (κ2) is 5.92. The lowest BCUT2D eigenvalue weighted by Gasteiger charge is -2.33. The Morgan fingerprint density at radius 1 is 1.41 bits per heavy atom. The van der Waals surface area contributed by atoms with Crippen LogP contribution in [0.25, 0.3) is 0 Å². The van der Waals surface area contributed by atoms with Gasteiger partial charge in [-0.3, -0.25) is 0 Å². The number of hydrogen-bond donors (Lipinski definition) is 1. The van der Waals surface area contributed by atoms with Crippen LogP contribution in [-0.4, -0.2) is 6.54 Å². The van der Waals surface area contributed by atoms with Crippen LogP contribution in [-0.2, 0) is 0 Å². The molecule has 2 rings (SSSR count). The summed E-state index contributed by atoms with van der Waals surface area (Å²) >= 11 is 6.11. The van der Waals surface area contributed by atoms with E-state index in [9.17, 15) is 0 Å². The first kappa shape index (κ1) is 13.0. The average molecular weight is 256 g/mol. The molecule has 17 heavy (non-hydrogen) atoms. The Balaban J connectivity index is 2.09. The van der Waals surface area contributed by atoms with E-state index in [-0.39, 0.29) is 0 Å². The highest BCUT2D eigenvalue weighted by Crippen LogP contribution is 2.39. The van der Waals surface area contributed by atoms with Crippen LogP contribution in [0.5, 0.6) is 0 Å². The van der Waals surface area contributed by atoms with Crippen molar-refractivity contribution >= 4 is 11.6 Å². The molecule has 96 valence electrons. The number of rotatable bonds is 4. The lowest BCUT2D eigenvalue weighted by atomic mass is 9.78. The lowest BCUT2D eigenvalue weighted by molar-refractivity contribution is 0.232. The van der Waals surface area contributed by atoms with Crippen LogP contribution >= 0.6 is 11.6 Å². The fourth-order valence-electron chi connectivity index (χ4n) is 2.90. The van der Waals surface area contributed by atoms with Gasteiger partial charge in [0.25, 0.3) is 0 Å². The minimum absolute atomic E-state index is 0.360. The number of furan rings is 1. The molecule has 0 bridgehead atoms. The van der Waals surface area contributed by atoms with Gasteiger partial charge in [-0.05, 0) is 48.9 Å². The molecule has 0 aliphatic heterocycles. The standard InChI is InChI=1S/C14H22ClNO/c1-3-16-13(12-8-9-17-14(12)15)11-6-4-10(2)5-7-11/h8-11,13,16H,3-7H2,1-2H3. The van der Waals surface area contributed by atoms with Gasteiger partial charge in [-0.1, -0.05) is 26.7 Å². The maximum absolute atomic E-state index is 6.11. The summed E-state index contributed by atoms with van der Waals surface area (Å²) < 4.78 is 5.23. The summed E-state index contributed by atoms with van der Waals surface area (Å²) in [6.07, 6.45) is 6.94. The van der Waals surface area contributed by atoms with Crippen molar-refractivity contribution in [1.29, 1.82) is 0 Å². The summed E-state index contributed by atoms with van der Waals surface area (Å²) in [5.74, 6) is 1.58. The SMILES string of the molecule is CCNC(c1ccoc1Cl)C1CCC(C)CC1. The molecule has 1 aromatic rings. The summed E-state index contributed by atoms with van der Waals surface area (Å²) in [6, 6.07) is 2.37. The molecule has 1 atom stereocenters. The van der Waals surface area contributed by atoms with Gasteiger partial charge < -0.3 is 9.73 Å². The van der Waals surface area contributed by atoms with Crippen LogP contribution in [0.1, 0.15) is 51.1 Å². The minimum atomic E-state index is 0.360. The van der Waals surface area contributed by atoms with E-state index in [0.29, 0.717) is 17.2 Å². The molecule has 0 saturated heterocycles. The van der Waals surface area contributed by atoms with E-state index >= 15 is 0 Å². The zero-order valence-electron chi connectivity index (χ0n) is 10.7. The van der Waals surface area contributed by atoms with Gasteiger partial charge in [0, 0.05) is 11.6 Å². The van der Waals surface area contributed by atoms with Crippen molar-refractivity contribution in [1.82, 2.24) is 5.32 Å². The van der Waals surface area contributed by atoms with Crippen LogP contribution in [0.4, 0.5) is 0 Å². The average Bonchev–Trinajstić information content (AvgIpc) is 2.74. The lowest BCUT2D eigenvalue weighted by Crippen LogP contribution is -2.30. The Labute approximate surface area is 109 Å². The minimum Gasteiger partial charge on any atom is -0.453 e. The van der Waals surface area contributed by atoms with Crippen LogP contribution < -0.4 is 5.32 Å². The molecule has 0 aromatic carbocycles. The zero-order valence-corrected chi connectivity index (χ0v) is 11.5. The van der Waals surface area contributed by atoms with E-state index in [0.717, 1.165) is 18.0 Å². The van der Waals surface area contributed by atoms with Crippen molar-refractivity contribution in [2.45, 2.75) is 45.6 Å². The highest BCUT2D eigenvalue weighted by atomic mass is 35.5. The van der Waals surface area contributed by atoms with Crippen LogP contribution in [0.15, 0.2) is 16.7 Å². The number of nitrogens with one attached hydrogen (secondary N) is 1. The molecule has 1 heterocycles. The highest BCUT2D eigenvalue weighted by molar-refractivity contribution is 6.29. The highest BCUT2D eigenvalue weighted by Gasteiger charge is 2.28.